The molecule has 1 rings (SSSR count). The Labute approximate surface area is 135 Å². The summed E-state index contributed by atoms with van der Waals surface area (Å²) in [5, 5.41) is 15.0. The summed E-state index contributed by atoms with van der Waals surface area (Å²) in [6, 6.07) is 8.31. The van der Waals surface area contributed by atoms with E-state index in [1.807, 2.05) is 30.3 Å². The normalized spacial score (nSPS) is 12.7. The van der Waals surface area contributed by atoms with E-state index in [-0.39, 0.29) is 13.0 Å². The molecule has 0 aliphatic carbocycles. The second kappa shape index (κ2) is 8.77. The van der Waals surface area contributed by atoms with Crippen molar-refractivity contribution in [3.8, 4) is 0 Å². The number of carbonyl (C=O) groups excluding carboxylic acids is 1. The Morgan fingerprint density at radius 2 is 1.96 bits per heavy atom. The van der Waals surface area contributed by atoms with Crippen LogP contribution in [0.15, 0.2) is 35.5 Å². The van der Waals surface area contributed by atoms with Crippen LogP contribution in [0, 0.1) is 0 Å². The maximum atomic E-state index is 11.6. The first-order valence-corrected chi connectivity index (χ1v) is 7.18. The van der Waals surface area contributed by atoms with Gasteiger partial charge in [0.1, 0.15) is 18.2 Å². The molecule has 0 spiro atoms. The molecule has 126 valence electrons. The van der Waals surface area contributed by atoms with E-state index in [4.69, 9.17) is 14.7 Å². The fraction of sp³-hybridized carbons (Fsp3) is 0.438. The number of rotatable bonds is 7. The summed E-state index contributed by atoms with van der Waals surface area (Å²) in [6.07, 6.45) is 0.506. The van der Waals surface area contributed by atoms with Crippen molar-refractivity contribution >= 4 is 18.3 Å². The summed E-state index contributed by atoms with van der Waals surface area (Å²) in [5.74, 6) is -1.18. The molecule has 1 aromatic carbocycles. The molecule has 7 nitrogen and oxygen atoms in total. The van der Waals surface area contributed by atoms with Gasteiger partial charge in [-0.05, 0) is 26.3 Å². The monoisotopic (exact) mass is 322 g/mol. The highest BCUT2D eigenvalue weighted by atomic mass is 16.6. The lowest BCUT2D eigenvalue weighted by atomic mass is 10.2. The Hall–Kier alpha value is -2.57. The standard InChI is InChI=1S/C16H22N2O5/c1-16(2,3)23-15(21)18-13(14(19)20)9-10-17-22-11-12-7-5-4-6-8-12/h4-8,10,13H,9,11H2,1-3H3,(H,18,21)(H,19,20)/b17-10+/t13-/m1/s1. The Morgan fingerprint density at radius 3 is 2.52 bits per heavy atom. The Balaban J connectivity index is 2.39. The average Bonchev–Trinajstić information content (AvgIpc) is 2.44. The number of nitrogens with zero attached hydrogens (tertiary/aromatic N) is 1. The number of aliphatic carboxylic acids is 1. The van der Waals surface area contributed by atoms with Crippen LogP contribution in [0.25, 0.3) is 0 Å². The Bertz CT molecular complexity index is 537. The first kappa shape index (κ1) is 18.5. The molecule has 0 heterocycles. The summed E-state index contributed by atoms with van der Waals surface area (Å²) in [7, 11) is 0. The SMILES string of the molecule is CC(C)(C)OC(=O)N[C@H](C/C=N/OCc1ccccc1)C(=O)O. The van der Waals surface area contributed by atoms with Gasteiger partial charge in [0.2, 0.25) is 0 Å². The Kier molecular flexibility index (Phi) is 7.05. The van der Waals surface area contributed by atoms with E-state index in [2.05, 4.69) is 10.5 Å². The summed E-state index contributed by atoms with van der Waals surface area (Å²) >= 11 is 0. The number of hydrogen-bond donors (Lipinski definition) is 2. The smallest absolute Gasteiger partial charge is 0.408 e. The Morgan fingerprint density at radius 1 is 1.30 bits per heavy atom. The van der Waals surface area contributed by atoms with Gasteiger partial charge < -0.3 is 20.0 Å². The summed E-state index contributed by atoms with van der Waals surface area (Å²) in [6.45, 7) is 5.37. The van der Waals surface area contributed by atoms with Crippen molar-refractivity contribution < 1.29 is 24.3 Å². The number of oxime groups is 1. The van der Waals surface area contributed by atoms with Gasteiger partial charge in [-0.2, -0.15) is 0 Å². The van der Waals surface area contributed by atoms with Crippen molar-refractivity contribution in [2.24, 2.45) is 5.16 Å². The summed E-state index contributed by atoms with van der Waals surface area (Å²) < 4.78 is 5.01. The predicted molar refractivity (Wildman–Crippen MR) is 85.1 cm³/mol. The zero-order chi connectivity index (χ0) is 17.3. The predicted octanol–water partition coefficient (Wildman–Crippen LogP) is 2.56. The highest BCUT2D eigenvalue weighted by molar-refractivity contribution is 5.82. The van der Waals surface area contributed by atoms with Crippen LogP contribution >= 0.6 is 0 Å². The molecule has 0 bridgehead atoms. The minimum atomic E-state index is -1.18. The maximum absolute atomic E-state index is 11.6. The van der Waals surface area contributed by atoms with Crippen LogP contribution in [0.2, 0.25) is 0 Å². The molecule has 1 amide bonds. The third-order valence-corrected chi connectivity index (χ3v) is 2.55. The fourth-order valence-corrected chi connectivity index (χ4v) is 1.56. The molecule has 1 aromatic rings. The largest absolute Gasteiger partial charge is 0.480 e. The number of ether oxygens (including phenoxy) is 1. The van der Waals surface area contributed by atoms with Gasteiger partial charge in [-0.3, -0.25) is 0 Å². The molecule has 0 fully saturated rings. The van der Waals surface area contributed by atoms with Crippen molar-refractivity contribution in [2.75, 3.05) is 0 Å². The van der Waals surface area contributed by atoms with E-state index < -0.39 is 23.7 Å². The van der Waals surface area contributed by atoms with Crippen molar-refractivity contribution in [1.82, 2.24) is 5.32 Å². The quantitative estimate of drug-likeness (QED) is 0.594. The number of carboxylic acid groups (broad SMARTS) is 1. The van der Waals surface area contributed by atoms with Crippen LogP contribution in [-0.4, -0.2) is 35.0 Å². The first-order valence-electron chi connectivity index (χ1n) is 7.18. The van der Waals surface area contributed by atoms with Crippen LogP contribution in [-0.2, 0) is 21.0 Å². The molecule has 0 radical (unpaired) electrons. The van der Waals surface area contributed by atoms with Crippen molar-refractivity contribution in [1.29, 1.82) is 0 Å². The van der Waals surface area contributed by atoms with E-state index in [1.165, 1.54) is 6.21 Å². The number of carboxylic acids is 1. The van der Waals surface area contributed by atoms with E-state index in [0.717, 1.165) is 5.56 Å². The van der Waals surface area contributed by atoms with Crippen molar-refractivity contribution in [3.05, 3.63) is 35.9 Å². The van der Waals surface area contributed by atoms with Crippen molar-refractivity contribution in [2.45, 2.75) is 45.4 Å². The van der Waals surface area contributed by atoms with Crippen molar-refractivity contribution in [3.63, 3.8) is 0 Å². The fourth-order valence-electron chi connectivity index (χ4n) is 1.56. The number of hydrogen-bond acceptors (Lipinski definition) is 5. The van der Waals surface area contributed by atoms with Gasteiger partial charge in [-0.25, -0.2) is 9.59 Å². The van der Waals surface area contributed by atoms with E-state index in [0.29, 0.717) is 0 Å². The lowest BCUT2D eigenvalue weighted by Gasteiger charge is -2.21. The molecule has 0 unspecified atom stereocenters. The second-order valence-electron chi connectivity index (χ2n) is 5.82. The lowest BCUT2D eigenvalue weighted by Crippen LogP contribution is -2.43. The molecule has 0 aliphatic heterocycles. The topological polar surface area (TPSA) is 97.2 Å². The highest BCUT2D eigenvalue weighted by Gasteiger charge is 2.23. The van der Waals surface area contributed by atoms with Gasteiger partial charge >= 0.3 is 12.1 Å². The molecule has 7 heteroatoms. The molecular weight excluding hydrogens is 300 g/mol. The van der Waals surface area contributed by atoms with E-state index in [1.54, 1.807) is 20.8 Å². The lowest BCUT2D eigenvalue weighted by molar-refractivity contribution is -0.139. The maximum Gasteiger partial charge on any atom is 0.408 e. The van der Waals surface area contributed by atoms with Gasteiger partial charge in [0, 0.05) is 12.6 Å². The van der Waals surface area contributed by atoms with E-state index >= 15 is 0 Å². The highest BCUT2D eigenvalue weighted by Crippen LogP contribution is 2.07. The average molecular weight is 322 g/mol. The zero-order valence-electron chi connectivity index (χ0n) is 13.5. The van der Waals surface area contributed by atoms with Gasteiger partial charge in [0.05, 0.1) is 0 Å². The molecule has 0 saturated carbocycles. The zero-order valence-corrected chi connectivity index (χ0v) is 13.5. The molecule has 0 aromatic heterocycles. The number of nitrogens with one attached hydrogen (secondary N) is 1. The number of alkyl carbamates (subject to hydrolysis) is 1. The molecule has 0 saturated heterocycles. The first-order chi connectivity index (χ1) is 10.8. The van der Waals surface area contributed by atoms with Crippen LogP contribution in [0.3, 0.4) is 0 Å². The summed E-state index contributed by atoms with van der Waals surface area (Å²) in [5.41, 5.74) is 0.256. The number of benzene rings is 1. The minimum absolute atomic E-state index is 0.0105. The van der Waals surface area contributed by atoms with E-state index in [9.17, 15) is 9.59 Å². The van der Waals surface area contributed by atoms with Gasteiger partial charge in [-0.1, -0.05) is 35.5 Å². The van der Waals surface area contributed by atoms with Gasteiger partial charge in [-0.15, -0.1) is 0 Å². The summed E-state index contributed by atoms with van der Waals surface area (Å²) in [4.78, 5) is 27.8. The van der Waals surface area contributed by atoms with Crippen LogP contribution < -0.4 is 5.32 Å². The molecular formula is C16H22N2O5. The molecule has 23 heavy (non-hydrogen) atoms. The number of amides is 1. The van der Waals surface area contributed by atoms with Gasteiger partial charge in [0.25, 0.3) is 0 Å². The second-order valence-corrected chi connectivity index (χ2v) is 5.82. The van der Waals surface area contributed by atoms with Crippen LogP contribution in [0.1, 0.15) is 32.8 Å². The minimum Gasteiger partial charge on any atom is -0.480 e. The van der Waals surface area contributed by atoms with Crippen LogP contribution in [0.4, 0.5) is 4.79 Å². The molecule has 1 atom stereocenters. The third-order valence-electron chi connectivity index (χ3n) is 2.55. The molecule has 0 aliphatic rings. The van der Waals surface area contributed by atoms with Gasteiger partial charge in [0.15, 0.2) is 0 Å². The molecule has 2 N–H and O–H groups in total. The third kappa shape index (κ3) is 8.45. The van der Waals surface area contributed by atoms with Crippen LogP contribution in [0.5, 0.6) is 0 Å². The number of carbonyl (C=O) groups is 2.